The summed E-state index contributed by atoms with van der Waals surface area (Å²) in [5, 5.41) is 8.76. The fourth-order valence-electron chi connectivity index (χ4n) is 1.63. The van der Waals surface area contributed by atoms with Crippen LogP contribution in [0.15, 0.2) is 18.2 Å². The van der Waals surface area contributed by atoms with Gasteiger partial charge in [0.05, 0.1) is 5.56 Å². The summed E-state index contributed by atoms with van der Waals surface area (Å²) in [6.07, 6.45) is -4.82. The number of nitrogens with zero attached hydrogens (tertiary/aromatic N) is 1. The van der Waals surface area contributed by atoms with E-state index in [0.29, 0.717) is 10.9 Å². The molecule has 0 atom stereocenters. The number of carbonyl (C=O) groups is 1. The second-order valence-electron chi connectivity index (χ2n) is 3.89. The van der Waals surface area contributed by atoms with Crippen LogP contribution >= 0.6 is 11.3 Å². The van der Waals surface area contributed by atoms with Crippen LogP contribution in [0.2, 0.25) is 0 Å². The molecule has 1 heterocycles. The van der Waals surface area contributed by atoms with Crippen molar-refractivity contribution in [1.29, 1.82) is 0 Å². The van der Waals surface area contributed by atoms with E-state index in [2.05, 4.69) is 4.98 Å². The zero-order chi connectivity index (χ0) is 15.1. The van der Waals surface area contributed by atoms with Crippen LogP contribution in [0.5, 0.6) is 0 Å². The molecule has 0 saturated carbocycles. The highest BCUT2D eigenvalue weighted by molar-refractivity contribution is 7.15. The van der Waals surface area contributed by atoms with E-state index < -0.39 is 23.5 Å². The van der Waals surface area contributed by atoms with Gasteiger partial charge in [0.1, 0.15) is 10.8 Å². The quantitative estimate of drug-likeness (QED) is 0.854. The van der Waals surface area contributed by atoms with Crippen molar-refractivity contribution in [3.8, 4) is 10.6 Å². The lowest BCUT2D eigenvalue weighted by molar-refractivity contribution is -0.139. The fraction of sp³-hybridized carbons (Fsp3) is 0.167. The number of carboxylic acid groups (broad SMARTS) is 1. The lowest BCUT2D eigenvalue weighted by Gasteiger charge is -2.09. The molecule has 2 rings (SSSR count). The molecular formula is C12H7F4NO2S. The van der Waals surface area contributed by atoms with E-state index in [1.807, 2.05) is 0 Å². The summed E-state index contributed by atoms with van der Waals surface area (Å²) in [5.41, 5.74) is -2.05. The molecule has 0 aliphatic rings. The second kappa shape index (κ2) is 4.86. The summed E-state index contributed by atoms with van der Waals surface area (Å²) in [5.74, 6) is -2.76. The standard InChI is InChI=1S/C12H7F4NO2S/c1-5-9(11(18)19)17-10(20-5)6-3-2-4-7(8(6)13)12(14,15)16/h2-4H,1H3,(H,18,19). The van der Waals surface area contributed by atoms with Crippen LogP contribution in [0, 0.1) is 12.7 Å². The van der Waals surface area contributed by atoms with Crippen LogP contribution in [-0.2, 0) is 6.18 Å². The predicted octanol–water partition coefficient (Wildman–Crippen LogP) is 3.97. The van der Waals surface area contributed by atoms with Crippen LogP contribution in [0.25, 0.3) is 10.6 Å². The van der Waals surface area contributed by atoms with E-state index >= 15 is 0 Å². The maximum Gasteiger partial charge on any atom is 0.419 e. The Morgan fingerprint density at radius 2 is 2.00 bits per heavy atom. The minimum Gasteiger partial charge on any atom is -0.476 e. The van der Waals surface area contributed by atoms with Crippen LogP contribution in [0.3, 0.4) is 0 Å². The molecule has 2 aromatic rings. The lowest BCUT2D eigenvalue weighted by Crippen LogP contribution is -2.08. The minimum atomic E-state index is -4.82. The van der Waals surface area contributed by atoms with Gasteiger partial charge in [-0.05, 0) is 19.1 Å². The van der Waals surface area contributed by atoms with Crippen molar-refractivity contribution in [2.24, 2.45) is 0 Å². The largest absolute Gasteiger partial charge is 0.476 e. The highest BCUT2D eigenvalue weighted by atomic mass is 32.1. The van der Waals surface area contributed by atoms with E-state index in [9.17, 15) is 22.4 Å². The Morgan fingerprint density at radius 1 is 1.35 bits per heavy atom. The molecule has 1 N–H and O–H groups in total. The van der Waals surface area contributed by atoms with Crippen molar-refractivity contribution < 1.29 is 27.5 Å². The third-order valence-corrected chi connectivity index (χ3v) is 3.54. The topological polar surface area (TPSA) is 50.2 Å². The summed E-state index contributed by atoms with van der Waals surface area (Å²) >= 11 is 0.830. The molecular weight excluding hydrogens is 298 g/mol. The molecule has 1 aromatic carbocycles. The Kier molecular flexibility index (Phi) is 3.51. The van der Waals surface area contributed by atoms with Crippen LogP contribution in [0.1, 0.15) is 20.9 Å². The van der Waals surface area contributed by atoms with Gasteiger partial charge in [-0.1, -0.05) is 6.07 Å². The molecule has 0 radical (unpaired) electrons. The van der Waals surface area contributed by atoms with Gasteiger partial charge in [0.15, 0.2) is 5.69 Å². The maximum absolute atomic E-state index is 13.9. The first-order chi connectivity index (χ1) is 9.21. The average molecular weight is 305 g/mol. The number of aromatic nitrogens is 1. The van der Waals surface area contributed by atoms with Crippen molar-refractivity contribution in [3.05, 3.63) is 40.2 Å². The molecule has 0 aliphatic heterocycles. The molecule has 0 saturated heterocycles. The SMILES string of the molecule is Cc1sc(-c2cccc(C(F)(F)F)c2F)nc1C(=O)O. The first-order valence-corrected chi connectivity index (χ1v) is 6.10. The summed E-state index contributed by atoms with van der Waals surface area (Å²) < 4.78 is 51.7. The summed E-state index contributed by atoms with van der Waals surface area (Å²) in [4.78, 5) is 14.8. The number of hydrogen-bond acceptors (Lipinski definition) is 3. The molecule has 0 amide bonds. The molecule has 0 unspecified atom stereocenters. The van der Waals surface area contributed by atoms with Crippen LogP contribution in [-0.4, -0.2) is 16.1 Å². The Bertz CT molecular complexity index is 679. The Labute approximate surface area is 114 Å². The first kappa shape index (κ1) is 14.4. The second-order valence-corrected chi connectivity index (χ2v) is 5.10. The van der Waals surface area contributed by atoms with E-state index in [1.165, 1.54) is 6.92 Å². The fourth-order valence-corrected chi connectivity index (χ4v) is 2.55. The smallest absolute Gasteiger partial charge is 0.419 e. The number of rotatable bonds is 2. The van der Waals surface area contributed by atoms with Crippen molar-refractivity contribution in [1.82, 2.24) is 4.98 Å². The molecule has 8 heteroatoms. The number of thiazole rings is 1. The molecule has 106 valence electrons. The Morgan fingerprint density at radius 3 is 2.50 bits per heavy atom. The molecule has 3 nitrogen and oxygen atoms in total. The zero-order valence-corrected chi connectivity index (χ0v) is 10.8. The third-order valence-electron chi connectivity index (χ3n) is 2.53. The summed E-state index contributed by atoms with van der Waals surface area (Å²) in [7, 11) is 0. The first-order valence-electron chi connectivity index (χ1n) is 5.28. The Balaban J connectivity index is 2.60. The van der Waals surface area contributed by atoms with Crippen molar-refractivity contribution >= 4 is 17.3 Å². The number of aryl methyl sites for hydroxylation is 1. The van der Waals surface area contributed by atoms with Gasteiger partial charge in [0.25, 0.3) is 0 Å². The summed E-state index contributed by atoms with van der Waals surface area (Å²) in [6.45, 7) is 1.45. The number of alkyl halides is 3. The average Bonchev–Trinajstić information content (AvgIpc) is 2.70. The van der Waals surface area contributed by atoms with Gasteiger partial charge in [0, 0.05) is 10.4 Å². The normalized spacial score (nSPS) is 11.7. The third kappa shape index (κ3) is 2.51. The number of halogens is 4. The monoisotopic (exact) mass is 305 g/mol. The van der Waals surface area contributed by atoms with Gasteiger partial charge in [-0.2, -0.15) is 13.2 Å². The van der Waals surface area contributed by atoms with Crippen LogP contribution < -0.4 is 0 Å². The molecule has 0 fully saturated rings. The number of carboxylic acids is 1. The van der Waals surface area contributed by atoms with Gasteiger partial charge in [-0.25, -0.2) is 14.2 Å². The van der Waals surface area contributed by atoms with Gasteiger partial charge < -0.3 is 5.11 Å². The molecule has 0 spiro atoms. The number of hydrogen-bond donors (Lipinski definition) is 1. The Hall–Kier alpha value is -1.96. The predicted molar refractivity (Wildman–Crippen MR) is 64.2 cm³/mol. The lowest BCUT2D eigenvalue weighted by atomic mass is 10.1. The number of benzene rings is 1. The van der Waals surface area contributed by atoms with E-state index in [-0.39, 0.29) is 16.3 Å². The van der Waals surface area contributed by atoms with Crippen LogP contribution in [0.4, 0.5) is 17.6 Å². The molecule has 0 aliphatic carbocycles. The van der Waals surface area contributed by atoms with Gasteiger partial charge >= 0.3 is 12.1 Å². The van der Waals surface area contributed by atoms with Gasteiger partial charge in [-0.3, -0.25) is 0 Å². The van der Waals surface area contributed by atoms with E-state index in [4.69, 9.17) is 5.11 Å². The van der Waals surface area contributed by atoms with Gasteiger partial charge in [0.2, 0.25) is 0 Å². The van der Waals surface area contributed by atoms with Crippen molar-refractivity contribution in [2.45, 2.75) is 13.1 Å². The van der Waals surface area contributed by atoms with Gasteiger partial charge in [-0.15, -0.1) is 11.3 Å². The highest BCUT2D eigenvalue weighted by Gasteiger charge is 2.35. The molecule has 1 aromatic heterocycles. The van der Waals surface area contributed by atoms with E-state index in [0.717, 1.165) is 23.5 Å². The summed E-state index contributed by atoms with van der Waals surface area (Å²) in [6, 6.07) is 2.81. The number of aromatic carboxylic acids is 1. The minimum absolute atomic E-state index is 0.0940. The molecule has 20 heavy (non-hydrogen) atoms. The van der Waals surface area contributed by atoms with Crippen molar-refractivity contribution in [3.63, 3.8) is 0 Å². The highest BCUT2D eigenvalue weighted by Crippen LogP contribution is 2.37. The van der Waals surface area contributed by atoms with E-state index in [1.54, 1.807) is 0 Å². The maximum atomic E-state index is 13.9. The van der Waals surface area contributed by atoms with Crippen molar-refractivity contribution in [2.75, 3.05) is 0 Å². The molecule has 0 bridgehead atoms. The zero-order valence-electron chi connectivity index (χ0n) is 9.95.